The first-order valence-corrected chi connectivity index (χ1v) is 5.26. The molecule has 0 amide bonds. The summed E-state index contributed by atoms with van der Waals surface area (Å²) in [5.41, 5.74) is 1.15. The van der Waals surface area contributed by atoms with Gasteiger partial charge in [-0.3, -0.25) is 4.68 Å². The number of rotatable bonds is 0. The number of aromatic nitrogens is 2. The summed E-state index contributed by atoms with van der Waals surface area (Å²) in [4.78, 5) is 0. The molecule has 0 aliphatic rings. The van der Waals surface area contributed by atoms with Crippen LogP contribution in [0.3, 0.4) is 0 Å². The average Bonchev–Trinajstić information content (AvgIpc) is 2.27. The predicted molar refractivity (Wildman–Crippen MR) is 60.9 cm³/mol. The summed E-state index contributed by atoms with van der Waals surface area (Å²) < 4.78 is 1.93. The standard InChI is InChI=1S/C11H19ClN2/c1-10(2,3)8-7-14(11(4,5)6)13-9(8)12/h7H,1-6H3. The summed E-state index contributed by atoms with van der Waals surface area (Å²) >= 11 is 6.10. The second-order valence-corrected chi connectivity index (χ2v) is 6.06. The van der Waals surface area contributed by atoms with Crippen LogP contribution in [0.15, 0.2) is 6.20 Å². The van der Waals surface area contributed by atoms with Crippen molar-refractivity contribution in [2.75, 3.05) is 0 Å². The molecule has 1 aromatic heterocycles. The van der Waals surface area contributed by atoms with Crippen LogP contribution in [0, 0.1) is 0 Å². The minimum Gasteiger partial charge on any atom is -0.266 e. The van der Waals surface area contributed by atoms with Gasteiger partial charge >= 0.3 is 0 Å². The van der Waals surface area contributed by atoms with Crippen molar-refractivity contribution in [2.45, 2.75) is 52.5 Å². The molecule has 1 aromatic rings. The lowest BCUT2D eigenvalue weighted by atomic mass is 9.89. The van der Waals surface area contributed by atoms with Gasteiger partial charge in [-0.25, -0.2) is 0 Å². The Labute approximate surface area is 91.3 Å². The Bertz CT molecular complexity index is 326. The molecule has 1 heterocycles. The maximum absolute atomic E-state index is 6.10. The van der Waals surface area contributed by atoms with Gasteiger partial charge in [0, 0.05) is 11.8 Å². The van der Waals surface area contributed by atoms with Gasteiger partial charge in [0.2, 0.25) is 0 Å². The third-order valence-electron chi connectivity index (χ3n) is 2.16. The van der Waals surface area contributed by atoms with Crippen molar-refractivity contribution in [3.63, 3.8) is 0 Å². The third kappa shape index (κ3) is 2.30. The Morgan fingerprint density at radius 3 is 1.86 bits per heavy atom. The van der Waals surface area contributed by atoms with Crippen molar-refractivity contribution in [1.29, 1.82) is 0 Å². The van der Waals surface area contributed by atoms with E-state index in [1.807, 2.05) is 10.9 Å². The lowest BCUT2D eigenvalue weighted by Crippen LogP contribution is -2.22. The summed E-state index contributed by atoms with van der Waals surface area (Å²) in [6, 6.07) is 0. The van der Waals surface area contributed by atoms with Gasteiger partial charge in [-0.2, -0.15) is 5.10 Å². The Morgan fingerprint density at radius 1 is 1.14 bits per heavy atom. The zero-order chi connectivity index (χ0) is 11.1. The van der Waals surface area contributed by atoms with Crippen LogP contribution in [-0.2, 0) is 11.0 Å². The van der Waals surface area contributed by atoms with Gasteiger partial charge in [-0.05, 0) is 26.2 Å². The van der Waals surface area contributed by atoms with E-state index < -0.39 is 0 Å². The quantitative estimate of drug-likeness (QED) is 0.646. The van der Waals surface area contributed by atoms with Crippen LogP contribution in [0.25, 0.3) is 0 Å². The van der Waals surface area contributed by atoms with Crippen LogP contribution in [-0.4, -0.2) is 9.78 Å². The van der Waals surface area contributed by atoms with Crippen molar-refractivity contribution < 1.29 is 0 Å². The lowest BCUT2D eigenvalue weighted by Gasteiger charge is -2.20. The number of nitrogens with zero attached hydrogens (tertiary/aromatic N) is 2. The van der Waals surface area contributed by atoms with Gasteiger partial charge in [0.05, 0.1) is 5.54 Å². The van der Waals surface area contributed by atoms with Crippen molar-refractivity contribution in [1.82, 2.24) is 9.78 Å². The molecule has 0 aliphatic carbocycles. The third-order valence-corrected chi connectivity index (χ3v) is 2.44. The topological polar surface area (TPSA) is 17.8 Å². The normalized spacial score (nSPS) is 13.4. The molecule has 3 heteroatoms. The molecule has 0 atom stereocenters. The second kappa shape index (κ2) is 3.27. The molecule has 0 saturated carbocycles. The first kappa shape index (κ1) is 11.6. The molecule has 0 radical (unpaired) electrons. The predicted octanol–water partition coefficient (Wildman–Crippen LogP) is 3.59. The Balaban J connectivity index is 3.19. The summed E-state index contributed by atoms with van der Waals surface area (Å²) in [6.45, 7) is 12.8. The van der Waals surface area contributed by atoms with Crippen molar-refractivity contribution in [2.24, 2.45) is 0 Å². The van der Waals surface area contributed by atoms with E-state index in [2.05, 4.69) is 46.6 Å². The van der Waals surface area contributed by atoms with E-state index in [4.69, 9.17) is 11.6 Å². The van der Waals surface area contributed by atoms with Gasteiger partial charge in [0.25, 0.3) is 0 Å². The monoisotopic (exact) mass is 214 g/mol. The van der Waals surface area contributed by atoms with E-state index in [1.54, 1.807) is 0 Å². The zero-order valence-corrected chi connectivity index (χ0v) is 10.6. The fraction of sp³-hybridized carbons (Fsp3) is 0.727. The molecule has 0 bridgehead atoms. The Morgan fingerprint density at radius 2 is 1.64 bits per heavy atom. The van der Waals surface area contributed by atoms with E-state index in [0.29, 0.717) is 5.15 Å². The maximum atomic E-state index is 6.10. The molecule has 0 unspecified atom stereocenters. The van der Waals surface area contributed by atoms with Gasteiger partial charge in [0.1, 0.15) is 0 Å². The van der Waals surface area contributed by atoms with Crippen molar-refractivity contribution >= 4 is 11.6 Å². The summed E-state index contributed by atoms with van der Waals surface area (Å²) in [7, 11) is 0. The molecule has 14 heavy (non-hydrogen) atoms. The summed E-state index contributed by atoms with van der Waals surface area (Å²) in [5.74, 6) is 0. The van der Waals surface area contributed by atoms with Gasteiger partial charge in [0.15, 0.2) is 5.15 Å². The highest BCUT2D eigenvalue weighted by molar-refractivity contribution is 6.30. The summed E-state index contributed by atoms with van der Waals surface area (Å²) in [6.07, 6.45) is 2.04. The average molecular weight is 215 g/mol. The fourth-order valence-corrected chi connectivity index (χ4v) is 1.61. The Kier molecular flexibility index (Phi) is 2.70. The van der Waals surface area contributed by atoms with Gasteiger partial charge < -0.3 is 0 Å². The highest BCUT2D eigenvalue weighted by atomic mass is 35.5. The van der Waals surface area contributed by atoms with Crippen LogP contribution in [0.2, 0.25) is 5.15 Å². The van der Waals surface area contributed by atoms with Crippen molar-refractivity contribution in [3.05, 3.63) is 16.9 Å². The number of hydrogen-bond donors (Lipinski definition) is 0. The lowest BCUT2D eigenvalue weighted by molar-refractivity contribution is 0.355. The highest BCUT2D eigenvalue weighted by Gasteiger charge is 2.24. The molecule has 0 saturated heterocycles. The number of halogens is 1. The smallest absolute Gasteiger partial charge is 0.154 e. The minimum atomic E-state index is -0.00681. The first-order chi connectivity index (χ1) is 6.12. The van der Waals surface area contributed by atoms with E-state index in [0.717, 1.165) is 5.56 Å². The van der Waals surface area contributed by atoms with Crippen molar-refractivity contribution in [3.8, 4) is 0 Å². The first-order valence-electron chi connectivity index (χ1n) is 4.88. The SMILES string of the molecule is CC(C)(C)c1cn(C(C)(C)C)nc1Cl. The maximum Gasteiger partial charge on any atom is 0.154 e. The van der Waals surface area contributed by atoms with Crippen LogP contribution in [0.1, 0.15) is 47.1 Å². The largest absolute Gasteiger partial charge is 0.266 e. The number of hydrogen-bond acceptors (Lipinski definition) is 1. The van der Waals surface area contributed by atoms with E-state index in [9.17, 15) is 0 Å². The van der Waals surface area contributed by atoms with Gasteiger partial charge in [-0.1, -0.05) is 32.4 Å². The minimum absolute atomic E-state index is 0.00681. The second-order valence-electron chi connectivity index (χ2n) is 5.70. The molecule has 0 fully saturated rings. The fourth-order valence-electron chi connectivity index (χ4n) is 1.20. The van der Waals surface area contributed by atoms with Crippen LogP contribution < -0.4 is 0 Å². The molecule has 0 N–H and O–H groups in total. The molecular formula is C11H19ClN2. The molecule has 80 valence electrons. The highest BCUT2D eigenvalue weighted by Crippen LogP contribution is 2.30. The summed E-state index contributed by atoms with van der Waals surface area (Å²) in [5, 5.41) is 4.95. The molecule has 1 rings (SSSR count). The zero-order valence-electron chi connectivity index (χ0n) is 9.85. The molecule has 2 nitrogen and oxygen atoms in total. The van der Waals surface area contributed by atoms with E-state index >= 15 is 0 Å². The Hall–Kier alpha value is -0.500. The molecular weight excluding hydrogens is 196 g/mol. The van der Waals surface area contributed by atoms with Gasteiger partial charge in [-0.15, -0.1) is 0 Å². The van der Waals surface area contributed by atoms with Crippen LogP contribution >= 0.6 is 11.6 Å². The van der Waals surface area contributed by atoms with Crippen LogP contribution in [0.5, 0.6) is 0 Å². The van der Waals surface area contributed by atoms with Crippen LogP contribution in [0.4, 0.5) is 0 Å². The molecule has 0 aliphatic heterocycles. The molecule has 0 spiro atoms. The van der Waals surface area contributed by atoms with E-state index in [1.165, 1.54) is 0 Å². The molecule has 0 aromatic carbocycles. The van der Waals surface area contributed by atoms with E-state index in [-0.39, 0.29) is 11.0 Å².